The maximum atomic E-state index is 12.6. The molecule has 4 aromatic rings. The molecule has 0 atom stereocenters. The molecular weight excluding hydrogens is 591 g/mol. The van der Waals surface area contributed by atoms with E-state index in [1.807, 2.05) is 55.5 Å². The Kier molecular flexibility index (Phi) is 9.69. The lowest BCUT2D eigenvalue weighted by Crippen LogP contribution is -2.27. The van der Waals surface area contributed by atoms with Crippen molar-refractivity contribution < 1.29 is 27.5 Å². The van der Waals surface area contributed by atoms with Crippen molar-refractivity contribution in [3.8, 4) is 22.8 Å². The Labute approximate surface area is 256 Å². The molecular formula is C32H30F3N5O3S. The Hall–Kier alpha value is -4.58. The molecule has 2 heterocycles. The molecule has 0 saturated carbocycles. The van der Waals surface area contributed by atoms with Crippen LogP contribution in [0.25, 0.3) is 17.1 Å². The minimum Gasteiger partial charge on any atom is -0.406 e. The van der Waals surface area contributed by atoms with Crippen LogP contribution in [0.3, 0.4) is 0 Å². The van der Waals surface area contributed by atoms with E-state index < -0.39 is 6.36 Å². The van der Waals surface area contributed by atoms with E-state index >= 15 is 0 Å². The number of alkyl halides is 3. The van der Waals surface area contributed by atoms with Gasteiger partial charge < -0.3 is 10.1 Å². The molecule has 1 aliphatic rings. The van der Waals surface area contributed by atoms with E-state index in [1.165, 1.54) is 53.1 Å². The first-order chi connectivity index (χ1) is 21.2. The first-order valence-corrected chi connectivity index (χ1v) is 15.1. The molecule has 1 aromatic heterocycles. The number of thioether (sulfide) groups is 1. The topological polar surface area (TPSA) is 89.4 Å². The predicted molar refractivity (Wildman–Crippen MR) is 163 cm³/mol. The molecule has 2 amide bonds. The number of nitrogens with one attached hydrogen (secondary N) is 1. The average Bonchev–Trinajstić information content (AvgIpc) is 3.64. The van der Waals surface area contributed by atoms with Gasteiger partial charge in [0.2, 0.25) is 11.8 Å². The average molecular weight is 622 g/mol. The van der Waals surface area contributed by atoms with E-state index in [2.05, 4.69) is 20.1 Å². The molecule has 1 aliphatic heterocycles. The number of halogens is 3. The number of carbonyl (C=O) groups excluding carboxylic acids is 2. The third-order valence-corrected chi connectivity index (χ3v) is 7.87. The Balaban J connectivity index is 1.11. The van der Waals surface area contributed by atoms with Gasteiger partial charge in [0, 0.05) is 18.2 Å². The molecule has 5 rings (SSSR count). The molecule has 0 spiro atoms. The second-order valence-electron chi connectivity index (χ2n) is 9.99. The minimum absolute atomic E-state index is 0.0345. The lowest BCUT2D eigenvalue weighted by molar-refractivity contribution is -0.274. The summed E-state index contributed by atoms with van der Waals surface area (Å²) in [6.07, 6.45) is 1.45. The number of amides is 2. The molecule has 0 radical (unpaired) electrons. The number of hydrogen-bond acceptors (Lipinski definition) is 6. The summed E-state index contributed by atoms with van der Waals surface area (Å²) in [4.78, 5) is 31.2. The van der Waals surface area contributed by atoms with E-state index in [-0.39, 0.29) is 17.6 Å². The van der Waals surface area contributed by atoms with Gasteiger partial charge in [-0.3, -0.25) is 14.5 Å². The van der Waals surface area contributed by atoms with Crippen LogP contribution in [-0.2, 0) is 22.4 Å². The van der Waals surface area contributed by atoms with Crippen molar-refractivity contribution in [1.29, 1.82) is 0 Å². The summed E-state index contributed by atoms with van der Waals surface area (Å²) >= 11 is 1.37. The highest BCUT2D eigenvalue weighted by Crippen LogP contribution is 2.35. The highest BCUT2D eigenvalue weighted by Gasteiger charge is 2.31. The molecule has 3 aromatic carbocycles. The summed E-state index contributed by atoms with van der Waals surface area (Å²) < 4.78 is 42.6. The Morgan fingerprint density at radius 1 is 1.07 bits per heavy atom. The monoisotopic (exact) mass is 621 g/mol. The molecule has 1 saturated heterocycles. The maximum absolute atomic E-state index is 12.6. The number of ether oxygens (including phenoxy) is 1. The summed E-state index contributed by atoms with van der Waals surface area (Å²) in [5.41, 5.74) is 4.32. The number of nitrogens with zero attached hydrogens (tertiary/aromatic N) is 4. The van der Waals surface area contributed by atoms with Crippen LogP contribution in [0.4, 0.5) is 18.9 Å². The van der Waals surface area contributed by atoms with Gasteiger partial charge in [0.05, 0.1) is 22.2 Å². The molecule has 8 nitrogen and oxygen atoms in total. The fraction of sp³-hybridized carbons (Fsp3) is 0.250. The summed E-state index contributed by atoms with van der Waals surface area (Å²) in [7, 11) is 0. The summed E-state index contributed by atoms with van der Waals surface area (Å²) in [5, 5.41) is 8.03. The number of carbonyl (C=O) groups is 2. The summed E-state index contributed by atoms with van der Waals surface area (Å²) in [6, 6.07) is 21.0. The number of hydrogen-bond donors (Lipinski definition) is 1. The van der Waals surface area contributed by atoms with Crippen molar-refractivity contribution in [3.63, 3.8) is 0 Å². The van der Waals surface area contributed by atoms with Crippen LogP contribution in [0, 0.1) is 0 Å². The van der Waals surface area contributed by atoms with E-state index in [4.69, 9.17) is 0 Å². The van der Waals surface area contributed by atoms with Crippen LogP contribution in [0.5, 0.6) is 5.75 Å². The molecule has 1 N–H and O–H groups in total. The quantitative estimate of drug-likeness (QED) is 0.153. The normalized spacial score (nSPS) is 14.3. The lowest BCUT2D eigenvalue weighted by atomic mass is 10.0. The SMILES string of the molecule is CCc1ccccc1N1C(=O)CS/C1=C\C(=O)NCCCCc1cccc(-c2ncn(-c3ccc(OC(F)(F)F)cc3)n2)c1. The van der Waals surface area contributed by atoms with Crippen LogP contribution >= 0.6 is 11.8 Å². The molecule has 0 bridgehead atoms. The van der Waals surface area contributed by atoms with Crippen LogP contribution < -0.4 is 15.0 Å². The van der Waals surface area contributed by atoms with E-state index in [0.29, 0.717) is 28.8 Å². The first kappa shape index (κ1) is 30.9. The van der Waals surface area contributed by atoms with Gasteiger partial charge in [0.15, 0.2) is 5.82 Å². The Morgan fingerprint density at radius 2 is 1.86 bits per heavy atom. The van der Waals surface area contributed by atoms with Gasteiger partial charge in [-0.05, 0) is 73.2 Å². The van der Waals surface area contributed by atoms with E-state index in [9.17, 15) is 22.8 Å². The van der Waals surface area contributed by atoms with Gasteiger partial charge >= 0.3 is 6.36 Å². The smallest absolute Gasteiger partial charge is 0.406 e. The lowest BCUT2D eigenvalue weighted by Gasteiger charge is -2.20. The van der Waals surface area contributed by atoms with Crippen molar-refractivity contribution in [3.05, 3.63) is 101 Å². The fourth-order valence-corrected chi connectivity index (χ4v) is 5.71. The van der Waals surface area contributed by atoms with E-state index in [0.717, 1.165) is 48.1 Å². The molecule has 0 aliphatic carbocycles. The van der Waals surface area contributed by atoms with Gasteiger partial charge in [-0.2, -0.15) is 0 Å². The number of para-hydroxylation sites is 1. The summed E-state index contributed by atoms with van der Waals surface area (Å²) in [6.45, 7) is 2.54. The summed E-state index contributed by atoms with van der Waals surface area (Å²) in [5.74, 6) is 0.219. The first-order valence-electron chi connectivity index (χ1n) is 14.1. The number of anilines is 1. The fourth-order valence-electron chi connectivity index (χ4n) is 4.79. The number of rotatable bonds is 11. The third-order valence-electron chi connectivity index (χ3n) is 6.88. The van der Waals surface area contributed by atoms with Gasteiger partial charge in [-0.25, -0.2) is 9.67 Å². The highest BCUT2D eigenvalue weighted by molar-refractivity contribution is 8.04. The Morgan fingerprint density at radius 3 is 2.64 bits per heavy atom. The second kappa shape index (κ2) is 13.8. The van der Waals surface area contributed by atoms with Gasteiger partial charge in [-0.15, -0.1) is 18.3 Å². The molecule has 228 valence electrons. The zero-order chi connectivity index (χ0) is 31.1. The number of benzene rings is 3. The van der Waals surface area contributed by atoms with Crippen LogP contribution in [-0.4, -0.2) is 45.2 Å². The van der Waals surface area contributed by atoms with Gasteiger partial charge in [0.1, 0.15) is 12.1 Å². The van der Waals surface area contributed by atoms with Crippen molar-refractivity contribution in [2.24, 2.45) is 0 Å². The third kappa shape index (κ3) is 7.87. The number of unbranched alkanes of at least 4 members (excludes halogenated alkanes) is 1. The molecule has 0 unspecified atom stereocenters. The van der Waals surface area contributed by atoms with Crippen LogP contribution in [0.1, 0.15) is 30.9 Å². The number of aromatic nitrogens is 3. The molecule has 12 heteroatoms. The predicted octanol–water partition coefficient (Wildman–Crippen LogP) is 6.46. The largest absolute Gasteiger partial charge is 0.573 e. The van der Waals surface area contributed by atoms with Gasteiger partial charge in [0.25, 0.3) is 0 Å². The van der Waals surface area contributed by atoms with E-state index in [1.54, 1.807) is 4.90 Å². The molecule has 1 fully saturated rings. The van der Waals surface area contributed by atoms with Crippen molar-refractivity contribution in [2.75, 3.05) is 17.2 Å². The number of aryl methyl sites for hydroxylation is 2. The minimum atomic E-state index is -4.75. The van der Waals surface area contributed by atoms with Crippen LogP contribution in [0.15, 0.2) is 90.2 Å². The van der Waals surface area contributed by atoms with Gasteiger partial charge in [-0.1, -0.05) is 55.1 Å². The Bertz CT molecular complexity index is 1650. The zero-order valence-electron chi connectivity index (χ0n) is 23.9. The maximum Gasteiger partial charge on any atom is 0.573 e. The van der Waals surface area contributed by atoms with Crippen molar-refractivity contribution in [2.45, 2.75) is 39.0 Å². The standard InChI is InChI=1S/C32H30F3N5O3S/c1-2-23-10-3-4-12-27(23)40-29(42)20-44-30(40)19-28(41)36-17-6-5-8-22-9-7-11-24(18-22)31-37-21-39(38-31)25-13-15-26(16-14-25)43-32(33,34)35/h3-4,7,9-16,18-19,21H,2,5-6,8,17,20H2,1H3,(H,36,41)/b30-19-. The highest BCUT2D eigenvalue weighted by atomic mass is 32.2. The molecule has 44 heavy (non-hydrogen) atoms. The zero-order valence-corrected chi connectivity index (χ0v) is 24.7. The van der Waals surface area contributed by atoms with Crippen LogP contribution in [0.2, 0.25) is 0 Å². The van der Waals surface area contributed by atoms with Crippen molar-refractivity contribution >= 4 is 29.3 Å². The van der Waals surface area contributed by atoms with Crippen molar-refractivity contribution in [1.82, 2.24) is 20.1 Å². The second-order valence-corrected chi connectivity index (χ2v) is 11.0.